The van der Waals surface area contributed by atoms with E-state index in [1.807, 2.05) is 26.2 Å². The van der Waals surface area contributed by atoms with Crippen LogP contribution in [0.4, 0.5) is 0 Å². The van der Waals surface area contributed by atoms with Gasteiger partial charge in [0.25, 0.3) is 0 Å². The zero-order chi connectivity index (χ0) is 13.1. The standard InChI is InChI=1S/C16H21NO/c1-12-6-4-5-7-13(12)10-14-8-9-15(16(14)18)11-17(2)3/h4-7,10,15H,8-9,11H2,1-3H3. The van der Waals surface area contributed by atoms with Gasteiger partial charge in [-0.3, -0.25) is 4.79 Å². The minimum Gasteiger partial charge on any atom is -0.309 e. The van der Waals surface area contributed by atoms with Crippen molar-refractivity contribution in [3.8, 4) is 0 Å². The van der Waals surface area contributed by atoms with Gasteiger partial charge in [-0.2, -0.15) is 0 Å². The first-order valence-electron chi connectivity index (χ1n) is 6.53. The van der Waals surface area contributed by atoms with Crippen LogP contribution in [0.1, 0.15) is 24.0 Å². The number of hydrogen-bond acceptors (Lipinski definition) is 2. The number of carbonyl (C=O) groups excluding carboxylic acids is 1. The highest BCUT2D eigenvalue weighted by Gasteiger charge is 2.29. The van der Waals surface area contributed by atoms with Crippen LogP contribution in [0.5, 0.6) is 0 Å². The number of hydrogen-bond donors (Lipinski definition) is 0. The predicted molar refractivity (Wildman–Crippen MR) is 75.4 cm³/mol. The molecule has 0 N–H and O–H groups in total. The Labute approximate surface area is 109 Å². The Morgan fingerprint density at radius 1 is 1.33 bits per heavy atom. The molecule has 0 spiro atoms. The van der Waals surface area contributed by atoms with Crippen LogP contribution in [0.2, 0.25) is 0 Å². The van der Waals surface area contributed by atoms with Gasteiger partial charge in [-0.25, -0.2) is 0 Å². The van der Waals surface area contributed by atoms with E-state index < -0.39 is 0 Å². The molecule has 1 fully saturated rings. The van der Waals surface area contributed by atoms with Crippen molar-refractivity contribution in [2.24, 2.45) is 5.92 Å². The lowest BCUT2D eigenvalue weighted by Gasteiger charge is -2.13. The fraction of sp³-hybridized carbons (Fsp3) is 0.438. The van der Waals surface area contributed by atoms with Crippen molar-refractivity contribution in [3.05, 3.63) is 41.0 Å². The SMILES string of the molecule is Cc1ccccc1C=C1CCC(CN(C)C)C1=O. The Bertz CT molecular complexity index is 474. The molecule has 0 aromatic heterocycles. The molecular formula is C16H21NO. The first-order valence-corrected chi connectivity index (χ1v) is 6.53. The van der Waals surface area contributed by atoms with Crippen LogP contribution in [0, 0.1) is 12.8 Å². The van der Waals surface area contributed by atoms with Gasteiger partial charge in [0.1, 0.15) is 0 Å². The van der Waals surface area contributed by atoms with Gasteiger partial charge in [0.05, 0.1) is 0 Å². The number of rotatable bonds is 3. The lowest BCUT2D eigenvalue weighted by Crippen LogP contribution is -2.24. The highest BCUT2D eigenvalue weighted by Crippen LogP contribution is 2.29. The van der Waals surface area contributed by atoms with Crippen LogP contribution in [0.15, 0.2) is 29.8 Å². The van der Waals surface area contributed by atoms with Crippen LogP contribution in [0.25, 0.3) is 6.08 Å². The number of benzene rings is 1. The van der Waals surface area contributed by atoms with Crippen molar-refractivity contribution >= 4 is 11.9 Å². The summed E-state index contributed by atoms with van der Waals surface area (Å²) < 4.78 is 0. The molecule has 0 heterocycles. The van der Waals surface area contributed by atoms with Gasteiger partial charge in [0.15, 0.2) is 5.78 Å². The molecule has 1 aliphatic rings. The third kappa shape index (κ3) is 2.88. The topological polar surface area (TPSA) is 20.3 Å². The van der Waals surface area contributed by atoms with Crippen molar-refractivity contribution in [3.63, 3.8) is 0 Å². The molecule has 1 atom stereocenters. The van der Waals surface area contributed by atoms with Gasteiger partial charge in [-0.05, 0) is 56.6 Å². The third-order valence-electron chi connectivity index (χ3n) is 3.55. The van der Waals surface area contributed by atoms with Crippen molar-refractivity contribution in [1.29, 1.82) is 0 Å². The predicted octanol–water partition coefficient (Wildman–Crippen LogP) is 2.92. The molecule has 1 saturated carbocycles. The normalized spacial score (nSPS) is 22.1. The van der Waals surface area contributed by atoms with E-state index in [1.54, 1.807) is 0 Å². The van der Waals surface area contributed by atoms with Crippen LogP contribution < -0.4 is 0 Å². The number of aryl methyl sites for hydroxylation is 1. The van der Waals surface area contributed by atoms with Crippen molar-refractivity contribution in [2.45, 2.75) is 19.8 Å². The molecule has 1 aromatic rings. The summed E-state index contributed by atoms with van der Waals surface area (Å²) in [7, 11) is 4.05. The molecule has 2 heteroatoms. The largest absolute Gasteiger partial charge is 0.309 e. The molecular weight excluding hydrogens is 222 g/mol. The summed E-state index contributed by atoms with van der Waals surface area (Å²) in [5, 5.41) is 0. The molecule has 96 valence electrons. The van der Waals surface area contributed by atoms with Gasteiger partial charge >= 0.3 is 0 Å². The third-order valence-corrected chi connectivity index (χ3v) is 3.55. The van der Waals surface area contributed by atoms with E-state index >= 15 is 0 Å². The number of allylic oxidation sites excluding steroid dienone is 1. The molecule has 0 aliphatic heterocycles. The molecule has 18 heavy (non-hydrogen) atoms. The van der Waals surface area contributed by atoms with Gasteiger partial charge < -0.3 is 4.90 Å². The van der Waals surface area contributed by atoms with E-state index in [1.165, 1.54) is 11.1 Å². The molecule has 0 radical (unpaired) electrons. The van der Waals surface area contributed by atoms with Crippen molar-refractivity contribution in [1.82, 2.24) is 4.90 Å². The zero-order valence-corrected chi connectivity index (χ0v) is 11.4. The van der Waals surface area contributed by atoms with E-state index in [-0.39, 0.29) is 5.92 Å². The zero-order valence-electron chi connectivity index (χ0n) is 11.4. The van der Waals surface area contributed by atoms with Gasteiger partial charge in [0.2, 0.25) is 0 Å². The van der Waals surface area contributed by atoms with Crippen molar-refractivity contribution < 1.29 is 4.79 Å². The summed E-state index contributed by atoms with van der Waals surface area (Å²) in [5.74, 6) is 0.530. The first-order chi connectivity index (χ1) is 8.58. The molecule has 2 rings (SSSR count). The maximum atomic E-state index is 12.3. The minimum absolute atomic E-state index is 0.190. The summed E-state index contributed by atoms with van der Waals surface area (Å²) in [4.78, 5) is 14.4. The average molecular weight is 243 g/mol. The van der Waals surface area contributed by atoms with Gasteiger partial charge in [-0.1, -0.05) is 24.3 Å². The second kappa shape index (κ2) is 5.49. The summed E-state index contributed by atoms with van der Waals surface area (Å²) in [6, 6.07) is 8.22. The van der Waals surface area contributed by atoms with Crippen LogP contribution in [0.3, 0.4) is 0 Å². The Balaban J connectivity index is 2.16. The van der Waals surface area contributed by atoms with E-state index in [4.69, 9.17) is 0 Å². The highest BCUT2D eigenvalue weighted by atomic mass is 16.1. The molecule has 2 nitrogen and oxygen atoms in total. The molecule has 1 aliphatic carbocycles. The monoisotopic (exact) mass is 243 g/mol. The molecule has 0 amide bonds. The second-order valence-electron chi connectivity index (χ2n) is 5.39. The number of carbonyl (C=O) groups is 1. The Morgan fingerprint density at radius 2 is 2.06 bits per heavy atom. The second-order valence-corrected chi connectivity index (χ2v) is 5.39. The molecule has 0 bridgehead atoms. The average Bonchev–Trinajstić information content (AvgIpc) is 2.64. The maximum Gasteiger partial charge on any atom is 0.163 e. The fourth-order valence-electron chi connectivity index (χ4n) is 2.54. The first kappa shape index (κ1) is 13.0. The molecule has 0 saturated heterocycles. The Morgan fingerprint density at radius 3 is 2.72 bits per heavy atom. The summed E-state index contributed by atoms with van der Waals surface area (Å²) in [6.45, 7) is 2.95. The summed E-state index contributed by atoms with van der Waals surface area (Å²) in [5.41, 5.74) is 3.40. The minimum atomic E-state index is 0.190. The lowest BCUT2D eigenvalue weighted by molar-refractivity contribution is -0.118. The highest BCUT2D eigenvalue weighted by molar-refractivity contribution is 6.03. The van der Waals surface area contributed by atoms with Crippen LogP contribution in [-0.4, -0.2) is 31.3 Å². The smallest absolute Gasteiger partial charge is 0.163 e. The fourth-order valence-corrected chi connectivity index (χ4v) is 2.54. The van der Waals surface area contributed by atoms with Crippen molar-refractivity contribution in [2.75, 3.05) is 20.6 Å². The number of Topliss-reactive ketones (excluding diaryl/α,β-unsaturated/α-hetero) is 1. The van der Waals surface area contributed by atoms with Gasteiger partial charge in [-0.15, -0.1) is 0 Å². The quantitative estimate of drug-likeness (QED) is 0.761. The summed E-state index contributed by atoms with van der Waals surface area (Å²) in [6.07, 6.45) is 3.99. The van der Waals surface area contributed by atoms with E-state index in [0.29, 0.717) is 5.78 Å². The van der Waals surface area contributed by atoms with Crippen LogP contribution >= 0.6 is 0 Å². The maximum absolute atomic E-state index is 12.3. The number of nitrogens with zero attached hydrogens (tertiary/aromatic N) is 1. The van der Waals surface area contributed by atoms with E-state index in [9.17, 15) is 4.79 Å². The van der Waals surface area contributed by atoms with Crippen LogP contribution in [-0.2, 0) is 4.79 Å². The molecule has 1 unspecified atom stereocenters. The lowest BCUT2D eigenvalue weighted by atomic mass is 10.0. The molecule has 1 aromatic carbocycles. The summed E-state index contributed by atoms with van der Waals surface area (Å²) >= 11 is 0. The Kier molecular flexibility index (Phi) is 3.97. The van der Waals surface area contributed by atoms with E-state index in [2.05, 4.69) is 30.0 Å². The van der Waals surface area contributed by atoms with E-state index in [0.717, 1.165) is 25.0 Å². The Hall–Kier alpha value is -1.41. The number of ketones is 1. The van der Waals surface area contributed by atoms with Gasteiger partial charge in [0, 0.05) is 12.5 Å².